The number of hydrogen-bond acceptors (Lipinski definition) is 1. The van der Waals surface area contributed by atoms with Gasteiger partial charge in [0.05, 0.1) is 0 Å². The van der Waals surface area contributed by atoms with E-state index in [1.165, 1.54) is 0 Å². The minimum absolute atomic E-state index is 0.146. The molecule has 0 aromatic carbocycles. The summed E-state index contributed by atoms with van der Waals surface area (Å²) in [6.07, 6.45) is -2.11. The first-order valence-corrected chi connectivity index (χ1v) is 3.07. The minimum atomic E-state index is -2.29. The van der Waals surface area contributed by atoms with Gasteiger partial charge in [0.1, 0.15) is 0 Å². The maximum Gasteiger partial charge on any atom is 0.238 e. The van der Waals surface area contributed by atoms with E-state index in [4.69, 9.17) is 0 Å². The Morgan fingerprint density at radius 1 is 1.56 bits per heavy atom. The van der Waals surface area contributed by atoms with E-state index in [2.05, 4.69) is 12.6 Å². The van der Waals surface area contributed by atoms with E-state index in [1.54, 1.807) is 0 Å². The first kappa shape index (κ1) is 8.88. The van der Waals surface area contributed by atoms with Crippen LogP contribution in [0.5, 0.6) is 0 Å². The zero-order valence-corrected chi connectivity index (χ0v) is 5.70. The molecule has 0 aliphatic rings. The molecule has 0 aromatic rings. The van der Waals surface area contributed by atoms with E-state index in [-0.39, 0.29) is 24.4 Å². The molecular weight excluding hydrogens is 146 g/mol. The molecule has 0 unspecified atom stereocenters. The van der Waals surface area contributed by atoms with E-state index >= 15 is 0 Å². The van der Waals surface area contributed by atoms with E-state index < -0.39 is 6.43 Å². The van der Waals surface area contributed by atoms with Gasteiger partial charge in [0, 0.05) is 12.8 Å². The lowest BCUT2D eigenvalue weighted by atomic mass is 10.2. The summed E-state index contributed by atoms with van der Waals surface area (Å²) < 4.78 is 22.7. The summed E-state index contributed by atoms with van der Waals surface area (Å²) in [4.78, 5) is 10.0. The van der Waals surface area contributed by atoms with Crippen LogP contribution < -0.4 is 0 Å². The molecule has 1 nitrogen and oxygen atoms in total. The van der Waals surface area contributed by atoms with Crippen molar-refractivity contribution in [3.05, 3.63) is 0 Å². The van der Waals surface area contributed by atoms with E-state index in [0.717, 1.165) is 0 Å². The second-order valence-electron chi connectivity index (χ2n) is 1.68. The van der Waals surface area contributed by atoms with Crippen LogP contribution in [0.15, 0.2) is 0 Å². The summed E-state index contributed by atoms with van der Waals surface area (Å²) in [5.74, 6) is 0. The fraction of sp³-hybridized carbons (Fsp3) is 0.800. The van der Waals surface area contributed by atoms with Crippen molar-refractivity contribution in [1.29, 1.82) is 0 Å². The Morgan fingerprint density at radius 3 is 2.44 bits per heavy atom. The first-order chi connectivity index (χ1) is 4.13. The Morgan fingerprint density at radius 2 is 2.11 bits per heavy atom. The number of hydrogen-bond donors (Lipinski definition) is 1. The van der Waals surface area contributed by atoms with Crippen LogP contribution in [-0.2, 0) is 4.79 Å². The molecule has 0 fully saturated rings. The van der Waals surface area contributed by atoms with Crippen molar-refractivity contribution in [2.75, 3.05) is 0 Å². The Kier molecular flexibility index (Phi) is 4.67. The molecule has 0 heterocycles. The number of carbonyl (C=O) groups is 1. The van der Waals surface area contributed by atoms with Crippen molar-refractivity contribution < 1.29 is 13.6 Å². The van der Waals surface area contributed by atoms with Gasteiger partial charge in [0.2, 0.25) is 6.43 Å². The molecule has 0 radical (unpaired) electrons. The lowest BCUT2D eigenvalue weighted by Gasteiger charge is -1.94. The Labute approximate surface area is 57.8 Å². The lowest BCUT2D eigenvalue weighted by molar-refractivity contribution is -0.111. The second-order valence-corrected chi connectivity index (χ2v) is 2.18. The van der Waals surface area contributed by atoms with Crippen molar-refractivity contribution in [2.45, 2.75) is 25.7 Å². The van der Waals surface area contributed by atoms with Crippen LogP contribution in [0.3, 0.4) is 0 Å². The van der Waals surface area contributed by atoms with E-state index in [1.807, 2.05) is 0 Å². The van der Waals surface area contributed by atoms with Gasteiger partial charge in [0.25, 0.3) is 0 Å². The molecule has 9 heavy (non-hydrogen) atoms. The highest BCUT2D eigenvalue weighted by Gasteiger charge is 2.02. The fourth-order valence-corrected chi connectivity index (χ4v) is 0.566. The number of carbonyl (C=O) groups excluding carboxylic acids is 1. The number of rotatable bonds is 4. The third-order valence-electron chi connectivity index (χ3n) is 0.813. The molecule has 0 bridgehead atoms. The summed E-state index contributed by atoms with van der Waals surface area (Å²) in [7, 11) is 0. The topological polar surface area (TPSA) is 17.1 Å². The highest BCUT2D eigenvalue weighted by Crippen LogP contribution is 2.06. The highest BCUT2D eigenvalue weighted by molar-refractivity contribution is 7.96. The van der Waals surface area contributed by atoms with Crippen LogP contribution in [0, 0.1) is 0 Å². The third-order valence-corrected chi connectivity index (χ3v) is 1.04. The van der Waals surface area contributed by atoms with Crippen LogP contribution in [0.25, 0.3) is 0 Å². The predicted octanol–water partition coefficient (Wildman–Crippen LogP) is 1.88. The highest BCUT2D eigenvalue weighted by atomic mass is 32.1. The third kappa shape index (κ3) is 7.88. The summed E-state index contributed by atoms with van der Waals surface area (Å²) >= 11 is 3.42. The quantitative estimate of drug-likeness (QED) is 0.612. The average molecular weight is 154 g/mol. The maximum atomic E-state index is 11.3. The summed E-state index contributed by atoms with van der Waals surface area (Å²) in [5.41, 5.74) is 0. The number of halogens is 2. The van der Waals surface area contributed by atoms with Gasteiger partial charge >= 0.3 is 0 Å². The zero-order valence-electron chi connectivity index (χ0n) is 4.81. The van der Waals surface area contributed by atoms with Gasteiger partial charge in [-0.25, -0.2) is 8.78 Å². The molecule has 0 aromatic heterocycles. The van der Waals surface area contributed by atoms with Crippen molar-refractivity contribution in [2.24, 2.45) is 0 Å². The Bertz CT molecular complexity index is 95.0. The normalized spacial score (nSPS) is 10.2. The van der Waals surface area contributed by atoms with Crippen molar-refractivity contribution in [1.82, 2.24) is 0 Å². The van der Waals surface area contributed by atoms with Crippen LogP contribution in [-0.4, -0.2) is 11.5 Å². The molecular formula is C5H8F2OS. The molecule has 0 saturated heterocycles. The van der Waals surface area contributed by atoms with Gasteiger partial charge in [0.15, 0.2) is 5.12 Å². The number of thiol groups is 1. The monoisotopic (exact) mass is 154 g/mol. The second kappa shape index (κ2) is 4.73. The molecule has 0 N–H and O–H groups in total. The largest absolute Gasteiger partial charge is 0.288 e. The van der Waals surface area contributed by atoms with Crippen LogP contribution in [0.4, 0.5) is 8.78 Å². The van der Waals surface area contributed by atoms with Crippen LogP contribution in [0.2, 0.25) is 0 Å². The van der Waals surface area contributed by atoms with Gasteiger partial charge < -0.3 is 0 Å². The average Bonchev–Trinajstić information content (AvgIpc) is 1.63. The van der Waals surface area contributed by atoms with Crippen molar-refractivity contribution in [3.63, 3.8) is 0 Å². The molecule has 0 amide bonds. The molecule has 4 heteroatoms. The molecule has 0 saturated carbocycles. The SMILES string of the molecule is O=C(S)CCCC(F)F. The molecule has 0 aliphatic carbocycles. The maximum absolute atomic E-state index is 11.3. The van der Waals surface area contributed by atoms with Gasteiger partial charge in [-0.15, -0.1) is 12.6 Å². The van der Waals surface area contributed by atoms with E-state index in [9.17, 15) is 13.6 Å². The fourth-order valence-electron chi connectivity index (χ4n) is 0.408. The molecule has 0 rings (SSSR count). The number of alkyl halides is 2. The van der Waals surface area contributed by atoms with Crippen molar-refractivity contribution in [3.8, 4) is 0 Å². The van der Waals surface area contributed by atoms with Gasteiger partial charge in [-0.1, -0.05) is 0 Å². The molecule has 0 spiro atoms. The van der Waals surface area contributed by atoms with Gasteiger partial charge in [-0.2, -0.15) is 0 Å². The first-order valence-electron chi connectivity index (χ1n) is 2.63. The smallest absolute Gasteiger partial charge is 0.238 e. The minimum Gasteiger partial charge on any atom is -0.288 e. The van der Waals surface area contributed by atoms with E-state index in [0.29, 0.717) is 0 Å². The molecule has 0 aliphatic heterocycles. The van der Waals surface area contributed by atoms with Gasteiger partial charge in [-0.05, 0) is 6.42 Å². The summed E-state index contributed by atoms with van der Waals surface area (Å²) in [5, 5.41) is -0.323. The van der Waals surface area contributed by atoms with Crippen molar-refractivity contribution >= 4 is 17.7 Å². The predicted molar refractivity (Wildman–Crippen MR) is 33.8 cm³/mol. The summed E-state index contributed by atoms with van der Waals surface area (Å²) in [6.45, 7) is 0. The zero-order chi connectivity index (χ0) is 7.28. The standard InChI is InChI=1S/C5H8F2OS/c6-4(7)2-1-3-5(8)9/h4H,1-3H2,(H,8,9). The molecule has 54 valence electrons. The molecule has 0 atom stereocenters. The summed E-state index contributed by atoms with van der Waals surface area (Å²) in [6, 6.07) is 0. The Hall–Kier alpha value is -0.120. The lowest BCUT2D eigenvalue weighted by Crippen LogP contribution is -1.92. The van der Waals surface area contributed by atoms with Crippen LogP contribution in [0.1, 0.15) is 19.3 Å². The van der Waals surface area contributed by atoms with Gasteiger partial charge in [-0.3, -0.25) is 4.79 Å². The van der Waals surface area contributed by atoms with Crippen LogP contribution >= 0.6 is 12.6 Å². The Balaban J connectivity index is 3.01.